The van der Waals surface area contributed by atoms with Gasteiger partial charge in [-0.15, -0.1) is 0 Å². The van der Waals surface area contributed by atoms with Gasteiger partial charge in [0.25, 0.3) is 0 Å². The molecule has 0 spiro atoms. The van der Waals surface area contributed by atoms with E-state index in [1.54, 1.807) is 108 Å². The standard InChI is InChI=1S/C48H30N4O8.Cu/c53-45(54)34-12-4-1-9-31(34)41-38-22-21-29(51-38)24-28-18-17-26(49-28)23-27-19-20-30(50-27)25-40-42(32-10-2-5-13-35(32)46(55)56)43(33-11-3-6-14-36(33)47(57)58)44(41)52(40)39-16-8-7-15-37(39)48(59)60;/h1-25,49H,(H,53,54)(H,55,56)(H,57,58)(H,59,60);. The van der Waals surface area contributed by atoms with E-state index < -0.39 is 23.9 Å². The summed E-state index contributed by atoms with van der Waals surface area (Å²) in [5.74, 6) is -5.14. The Labute approximate surface area is 356 Å². The number of nitrogens with zero attached hydrogens (tertiary/aromatic N) is 3. The minimum Gasteiger partial charge on any atom is -0.478 e. The van der Waals surface area contributed by atoms with E-state index in [4.69, 9.17) is 9.97 Å². The Morgan fingerprint density at radius 2 is 0.885 bits per heavy atom. The fraction of sp³-hybridized carbons (Fsp3) is 0. The van der Waals surface area contributed by atoms with Gasteiger partial charge in [0, 0.05) is 50.4 Å². The third-order valence-electron chi connectivity index (χ3n) is 10.3. The Morgan fingerprint density at radius 1 is 0.459 bits per heavy atom. The SMILES string of the molecule is O=C(O)c1ccccc1-c1c(-c2ccccc2C(=O)O)c2c(-c3ccccc3C(=O)O)c3nc(cc4ccc(cc5nc(cc1n2-c1ccccc1C(=O)O)C=C5)[nH]4)C=C3.[Cu]. The second kappa shape index (κ2) is 15.9. The van der Waals surface area contributed by atoms with Crippen LogP contribution >= 0.6 is 0 Å². The summed E-state index contributed by atoms with van der Waals surface area (Å²) in [4.78, 5) is 66.1. The van der Waals surface area contributed by atoms with E-state index in [1.165, 1.54) is 24.3 Å². The number of aromatic nitrogens is 4. The molecule has 0 saturated heterocycles. The van der Waals surface area contributed by atoms with E-state index in [0.29, 0.717) is 22.6 Å². The third kappa shape index (κ3) is 7.09. The summed E-state index contributed by atoms with van der Waals surface area (Å²) < 4.78 is 1.62. The predicted octanol–water partition coefficient (Wildman–Crippen LogP) is 9.91. The van der Waals surface area contributed by atoms with Crippen LogP contribution in [0.15, 0.2) is 127 Å². The zero-order valence-electron chi connectivity index (χ0n) is 31.5. The maximum absolute atomic E-state index is 13.2. The van der Waals surface area contributed by atoms with Crippen LogP contribution in [0.2, 0.25) is 0 Å². The number of H-pyrrole nitrogens is 1. The van der Waals surface area contributed by atoms with Crippen LogP contribution in [-0.4, -0.2) is 63.8 Å². The number of aromatic carboxylic acids is 4. The molecule has 0 saturated carbocycles. The molecule has 2 aliphatic heterocycles. The number of fused-ring (bicyclic) bond motifs is 8. The molecule has 61 heavy (non-hydrogen) atoms. The first-order chi connectivity index (χ1) is 29.1. The smallest absolute Gasteiger partial charge is 0.337 e. The molecule has 7 aromatic rings. The third-order valence-corrected chi connectivity index (χ3v) is 10.3. The van der Waals surface area contributed by atoms with Gasteiger partial charge < -0.3 is 30.0 Å². The molecular weight excluding hydrogens is 824 g/mol. The van der Waals surface area contributed by atoms with E-state index in [-0.39, 0.29) is 95.1 Å². The summed E-state index contributed by atoms with van der Waals surface area (Å²) in [6.45, 7) is 0. The Morgan fingerprint density at radius 3 is 1.43 bits per heavy atom. The average molecular weight is 854 g/mol. The van der Waals surface area contributed by atoms with Crippen LogP contribution in [0.3, 0.4) is 0 Å². The largest absolute Gasteiger partial charge is 0.478 e. The van der Waals surface area contributed by atoms with Crippen LogP contribution in [0.5, 0.6) is 0 Å². The molecule has 1 radical (unpaired) electrons. The second-order valence-corrected chi connectivity index (χ2v) is 13.9. The fourth-order valence-corrected chi connectivity index (χ4v) is 7.86. The molecule has 0 amide bonds. The maximum Gasteiger partial charge on any atom is 0.337 e. The Balaban J connectivity index is 0.00000514. The van der Waals surface area contributed by atoms with Gasteiger partial charge in [-0.1, -0.05) is 66.7 Å². The number of benzene rings is 4. The molecule has 8 bridgehead atoms. The zero-order valence-corrected chi connectivity index (χ0v) is 32.4. The molecule has 4 aromatic carbocycles. The van der Waals surface area contributed by atoms with Crippen molar-refractivity contribution in [2.24, 2.45) is 0 Å². The molecule has 12 nitrogen and oxygen atoms in total. The van der Waals surface area contributed by atoms with Crippen molar-refractivity contribution in [2.45, 2.75) is 0 Å². The Bertz CT molecular complexity index is 3250. The van der Waals surface area contributed by atoms with Crippen molar-refractivity contribution in [2.75, 3.05) is 0 Å². The summed E-state index contributed by atoms with van der Waals surface area (Å²) in [5.41, 5.74) is 4.17. The fourth-order valence-electron chi connectivity index (χ4n) is 7.86. The van der Waals surface area contributed by atoms with E-state index >= 15 is 0 Å². The van der Waals surface area contributed by atoms with E-state index in [1.807, 2.05) is 24.3 Å². The van der Waals surface area contributed by atoms with Crippen molar-refractivity contribution >= 4 is 70.2 Å². The van der Waals surface area contributed by atoms with Gasteiger partial charge in [0.05, 0.1) is 61.8 Å². The van der Waals surface area contributed by atoms with Crippen LogP contribution in [0.4, 0.5) is 0 Å². The molecule has 0 aliphatic carbocycles. The van der Waals surface area contributed by atoms with Crippen molar-refractivity contribution in [1.82, 2.24) is 19.5 Å². The molecule has 5 heterocycles. The van der Waals surface area contributed by atoms with Gasteiger partial charge in [0.15, 0.2) is 0 Å². The minimum atomic E-state index is -1.30. The molecule has 13 heteroatoms. The van der Waals surface area contributed by atoms with E-state index in [0.717, 1.165) is 5.52 Å². The average Bonchev–Trinajstić information content (AvgIpc) is 4.06. The molecule has 2 aliphatic rings. The van der Waals surface area contributed by atoms with Gasteiger partial charge in [-0.05, 0) is 96.1 Å². The van der Waals surface area contributed by atoms with E-state index in [2.05, 4.69) is 4.98 Å². The molecule has 9 rings (SSSR count). The number of rotatable bonds is 8. The van der Waals surface area contributed by atoms with Crippen LogP contribution in [0, 0.1) is 0 Å². The quantitative estimate of drug-likeness (QED) is 0.0918. The van der Waals surface area contributed by atoms with Crippen LogP contribution in [0.25, 0.3) is 85.4 Å². The topological polar surface area (TPSA) is 196 Å². The molecule has 0 atom stereocenters. The van der Waals surface area contributed by atoms with Crippen molar-refractivity contribution < 1.29 is 56.7 Å². The van der Waals surface area contributed by atoms with Gasteiger partial charge >= 0.3 is 23.9 Å². The summed E-state index contributed by atoms with van der Waals surface area (Å²) >= 11 is 0. The molecule has 0 unspecified atom stereocenters. The molecular formula is C48H30CuN4O8. The van der Waals surface area contributed by atoms with Crippen molar-refractivity contribution in [1.29, 1.82) is 0 Å². The summed E-state index contributed by atoms with van der Waals surface area (Å²) in [5, 5.41) is 43.0. The predicted molar refractivity (Wildman–Crippen MR) is 228 cm³/mol. The first-order valence-electron chi connectivity index (χ1n) is 18.5. The Hall–Kier alpha value is -8.12. The zero-order chi connectivity index (χ0) is 41.7. The summed E-state index contributed by atoms with van der Waals surface area (Å²) in [6.07, 6.45) is 7.01. The van der Waals surface area contributed by atoms with Crippen molar-refractivity contribution in [3.63, 3.8) is 0 Å². The van der Waals surface area contributed by atoms with Crippen LogP contribution in [-0.2, 0) is 17.1 Å². The number of carboxylic acids is 4. The number of aromatic amines is 1. The number of hydrogen-bond donors (Lipinski definition) is 5. The molecule has 3 aromatic heterocycles. The molecule has 301 valence electrons. The van der Waals surface area contributed by atoms with Gasteiger partial charge in [-0.3, -0.25) is 0 Å². The first kappa shape index (κ1) is 39.7. The molecule has 5 N–H and O–H groups in total. The van der Waals surface area contributed by atoms with Crippen molar-refractivity contribution in [3.8, 4) is 39.1 Å². The molecule has 0 fully saturated rings. The number of carbonyl (C=O) groups is 4. The minimum absolute atomic E-state index is 0. The second-order valence-electron chi connectivity index (χ2n) is 13.9. The van der Waals surface area contributed by atoms with E-state index in [9.17, 15) is 39.6 Å². The van der Waals surface area contributed by atoms with Gasteiger partial charge in [-0.2, -0.15) is 0 Å². The number of hydrogen-bond acceptors (Lipinski definition) is 6. The van der Waals surface area contributed by atoms with Gasteiger partial charge in [0.2, 0.25) is 0 Å². The monoisotopic (exact) mass is 853 g/mol. The number of nitrogens with one attached hydrogen (secondary N) is 1. The van der Waals surface area contributed by atoms with Gasteiger partial charge in [-0.25, -0.2) is 29.1 Å². The van der Waals surface area contributed by atoms with Crippen molar-refractivity contribution in [3.05, 3.63) is 172 Å². The first-order valence-corrected chi connectivity index (χ1v) is 18.5. The summed E-state index contributed by atoms with van der Waals surface area (Å²) in [7, 11) is 0. The van der Waals surface area contributed by atoms with Gasteiger partial charge in [0.1, 0.15) is 0 Å². The Kier molecular flexibility index (Phi) is 10.4. The summed E-state index contributed by atoms with van der Waals surface area (Å²) in [6, 6.07) is 34.1. The number of carboxylic acid groups (broad SMARTS) is 4. The van der Waals surface area contributed by atoms with Crippen LogP contribution < -0.4 is 0 Å². The normalized spacial score (nSPS) is 11.5. The number of para-hydroxylation sites is 1. The maximum atomic E-state index is 13.2. The van der Waals surface area contributed by atoms with Crippen LogP contribution in [0.1, 0.15) is 64.2 Å².